The summed E-state index contributed by atoms with van der Waals surface area (Å²) in [6.45, 7) is 1.85. The summed E-state index contributed by atoms with van der Waals surface area (Å²) in [5.41, 5.74) is 0.499. The monoisotopic (exact) mass is 191 g/mol. The van der Waals surface area contributed by atoms with E-state index in [9.17, 15) is 9.90 Å². The first-order chi connectivity index (χ1) is 6.60. The van der Waals surface area contributed by atoms with Gasteiger partial charge in [-0.1, -0.05) is 6.92 Å². The van der Waals surface area contributed by atoms with Gasteiger partial charge in [-0.25, -0.2) is 4.79 Å². The van der Waals surface area contributed by atoms with E-state index in [1.807, 2.05) is 6.92 Å². The SMILES string of the molecule is CCc1cc(C#N)c(O)c(C(=O)O)c1. The Hall–Kier alpha value is -2.02. The van der Waals surface area contributed by atoms with Crippen LogP contribution in [0, 0.1) is 11.3 Å². The number of nitriles is 1. The number of hydrogen-bond acceptors (Lipinski definition) is 3. The maximum atomic E-state index is 10.7. The second-order valence-electron chi connectivity index (χ2n) is 2.81. The highest BCUT2D eigenvalue weighted by atomic mass is 16.4. The lowest BCUT2D eigenvalue weighted by atomic mass is 10.0. The van der Waals surface area contributed by atoms with E-state index in [0.29, 0.717) is 6.42 Å². The largest absolute Gasteiger partial charge is 0.506 e. The second-order valence-corrected chi connectivity index (χ2v) is 2.81. The molecule has 0 unspecified atom stereocenters. The number of phenols is 1. The normalized spacial score (nSPS) is 9.43. The molecule has 0 saturated carbocycles. The fourth-order valence-corrected chi connectivity index (χ4v) is 1.15. The fourth-order valence-electron chi connectivity index (χ4n) is 1.15. The van der Waals surface area contributed by atoms with Gasteiger partial charge in [0, 0.05) is 0 Å². The second kappa shape index (κ2) is 3.79. The van der Waals surface area contributed by atoms with Crippen LogP contribution in [0.2, 0.25) is 0 Å². The van der Waals surface area contributed by atoms with Crippen LogP contribution in [-0.2, 0) is 6.42 Å². The van der Waals surface area contributed by atoms with Crippen molar-refractivity contribution in [3.05, 3.63) is 28.8 Å². The molecule has 72 valence electrons. The third kappa shape index (κ3) is 1.67. The summed E-state index contributed by atoms with van der Waals surface area (Å²) in [4.78, 5) is 10.7. The molecule has 2 N–H and O–H groups in total. The van der Waals surface area contributed by atoms with Gasteiger partial charge in [0.1, 0.15) is 17.4 Å². The van der Waals surface area contributed by atoms with E-state index in [1.54, 1.807) is 6.07 Å². The highest BCUT2D eigenvalue weighted by Gasteiger charge is 2.14. The molecule has 1 rings (SSSR count). The van der Waals surface area contributed by atoms with Crippen molar-refractivity contribution in [3.63, 3.8) is 0 Å². The molecule has 0 atom stereocenters. The Morgan fingerprint density at radius 3 is 2.64 bits per heavy atom. The van der Waals surface area contributed by atoms with Crippen LogP contribution in [0.25, 0.3) is 0 Å². The van der Waals surface area contributed by atoms with Crippen LogP contribution < -0.4 is 0 Å². The van der Waals surface area contributed by atoms with E-state index >= 15 is 0 Å². The van der Waals surface area contributed by atoms with Crippen molar-refractivity contribution in [1.82, 2.24) is 0 Å². The van der Waals surface area contributed by atoms with Gasteiger partial charge in [0.25, 0.3) is 0 Å². The molecule has 14 heavy (non-hydrogen) atoms. The van der Waals surface area contributed by atoms with Crippen LogP contribution in [0.3, 0.4) is 0 Å². The summed E-state index contributed by atoms with van der Waals surface area (Å²) in [6.07, 6.45) is 0.620. The third-order valence-corrected chi connectivity index (χ3v) is 1.93. The number of aromatic hydroxyl groups is 1. The highest BCUT2D eigenvalue weighted by Crippen LogP contribution is 2.24. The van der Waals surface area contributed by atoms with Gasteiger partial charge in [0.15, 0.2) is 0 Å². The van der Waals surface area contributed by atoms with Crippen molar-refractivity contribution < 1.29 is 15.0 Å². The third-order valence-electron chi connectivity index (χ3n) is 1.93. The molecule has 0 aliphatic heterocycles. The van der Waals surface area contributed by atoms with Crippen LogP contribution in [-0.4, -0.2) is 16.2 Å². The maximum Gasteiger partial charge on any atom is 0.339 e. The van der Waals surface area contributed by atoms with Gasteiger partial charge in [-0.2, -0.15) is 5.26 Å². The zero-order valence-corrected chi connectivity index (χ0v) is 7.61. The van der Waals surface area contributed by atoms with Crippen molar-refractivity contribution in [2.45, 2.75) is 13.3 Å². The molecule has 0 bridgehead atoms. The van der Waals surface area contributed by atoms with Crippen molar-refractivity contribution in [3.8, 4) is 11.8 Å². The molecular formula is C10H9NO3. The number of benzene rings is 1. The predicted molar refractivity (Wildman–Crippen MR) is 49.2 cm³/mol. The van der Waals surface area contributed by atoms with Gasteiger partial charge < -0.3 is 10.2 Å². The molecule has 0 aliphatic carbocycles. The molecule has 1 aromatic rings. The molecule has 0 aliphatic rings. The van der Waals surface area contributed by atoms with Crippen molar-refractivity contribution in [2.24, 2.45) is 0 Å². The van der Waals surface area contributed by atoms with Gasteiger partial charge in [-0.15, -0.1) is 0 Å². The molecule has 0 saturated heterocycles. The summed E-state index contributed by atoms with van der Waals surface area (Å²) in [7, 11) is 0. The number of rotatable bonds is 2. The summed E-state index contributed by atoms with van der Waals surface area (Å²) in [5.74, 6) is -1.69. The Kier molecular flexibility index (Phi) is 2.73. The first-order valence-electron chi connectivity index (χ1n) is 4.09. The first-order valence-corrected chi connectivity index (χ1v) is 4.09. The topological polar surface area (TPSA) is 81.3 Å². The molecule has 0 radical (unpaired) electrons. The minimum absolute atomic E-state index is 0.00162. The molecule has 0 spiro atoms. The standard InChI is InChI=1S/C10H9NO3/c1-2-6-3-7(5-11)9(12)8(4-6)10(13)14/h3-4,12H,2H2,1H3,(H,13,14). The summed E-state index contributed by atoms with van der Waals surface area (Å²) < 4.78 is 0. The number of aromatic carboxylic acids is 1. The van der Waals surface area contributed by atoms with Crippen LogP contribution in [0.1, 0.15) is 28.4 Å². The average molecular weight is 191 g/mol. The van der Waals surface area contributed by atoms with E-state index in [0.717, 1.165) is 5.56 Å². The molecule has 0 heterocycles. The zero-order valence-electron chi connectivity index (χ0n) is 7.61. The van der Waals surface area contributed by atoms with E-state index < -0.39 is 11.7 Å². The first kappa shape index (κ1) is 10.1. The number of carboxylic acid groups (broad SMARTS) is 1. The molecule has 4 nitrogen and oxygen atoms in total. The molecular weight excluding hydrogens is 182 g/mol. The Labute approximate surface area is 81.0 Å². The molecule has 0 fully saturated rings. The van der Waals surface area contributed by atoms with Crippen molar-refractivity contribution >= 4 is 5.97 Å². The van der Waals surface area contributed by atoms with Crippen LogP contribution in [0.5, 0.6) is 5.75 Å². The Morgan fingerprint density at radius 1 is 1.57 bits per heavy atom. The molecule has 0 amide bonds. The van der Waals surface area contributed by atoms with E-state index in [1.165, 1.54) is 12.1 Å². The minimum atomic E-state index is -1.23. The van der Waals surface area contributed by atoms with Gasteiger partial charge >= 0.3 is 5.97 Å². The molecule has 1 aromatic carbocycles. The smallest absolute Gasteiger partial charge is 0.339 e. The number of nitrogens with zero attached hydrogens (tertiary/aromatic N) is 1. The van der Waals surface area contributed by atoms with Crippen molar-refractivity contribution in [2.75, 3.05) is 0 Å². The maximum absolute atomic E-state index is 10.7. The van der Waals surface area contributed by atoms with Gasteiger partial charge in [-0.05, 0) is 24.1 Å². The van der Waals surface area contributed by atoms with Crippen LogP contribution >= 0.6 is 0 Å². The minimum Gasteiger partial charge on any atom is -0.506 e. The van der Waals surface area contributed by atoms with Crippen LogP contribution in [0.4, 0.5) is 0 Å². The molecule has 4 heteroatoms. The predicted octanol–water partition coefficient (Wildman–Crippen LogP) is 1.52. The number of carboxylic acids is 1. The fraction of sp³-hybridized carbons (Fsp3) is 0.200. The zero-order chi connectivity index (χ0) is 10.7. The molecule has 0 aromatic heterocycles. The average Bonchev–Trinajstić information content (AvgIpc) is 2.17. The Bertz CT molecular complexity index is 418. The van der Waals surface area contributed by atoms with E-state index in [4.69, 9.17) is 10.4 Å². The van der Waals surface area contributed by atoms with Gasteiger partial charge in [0.05, 0.1) is 5.56 Å². The Morgan fingerprint density at radius 2 is 2.21 bits per heavy atom. The number of carbonyl (C=O) groups is 1. The Balaban J connectivity index is 3.44. The lowest BCUT2D eigenvalue weighted by Gasteiger charge is -2.04. The van der Waals surface area contributed by atoms with Gasteiger partial charge in [0.2, 0.25) is 0 Å². The lowest BCUT2D eigenvalue weighted by molar-refractivity contribution is 0.0693. The quantitative estimate of drug-likeness (QED) is 0.742. The lowest BCUT2D eigenvalue weighted by Crippen LogP contribution is -2.00. The number of aryl methyl sites for hydroxylation is 1. The van der Waals surface area contributed by atoms with Crippen LogP contribution in [0.15, 0.2) is 12.1 Å². The summed E-state index contributed by atoms with van der Waals surface area (Å²) in [5, 5.41) is 26.8. The summed E-state index contributed by atoms with van der Waals surface area (Å²) in [6, 6.07) is 4.61. The highest BCUT2D eigenvalue weighted by molar-refractivity contribution is 5.92. The van der Waals surface area contributed by atoms with E-state index in [2.05, 4.69) is 0 Å². The summed E-state index contributed by atoms with van der Waals surface area (Å²) >= 11 is 0. The van der Waals surface area contributed by atoms with E-state index in [-0.39, 0.29) is 11.1 Å². The van der Waals surface area contributed by atoms with Gasteiger partial charge in [-0.3, -0.25) is 0 Å². The number of hydrogen-bond donors (Lipinski definition) is 2. The van der Waals surface area contributed by atoms with Crippen molar-refractivity contribution in [1.29, 1.82) is 5.26 Å².